The predicted molar refractivity (Wildman–Crippen MR) is 142 cm³/mol. The molecule has 0 amide bonds. The maximum atomic E-state index is 5.89. The van der Waals surface area contributed by atoms with Crippen LogP contribution in [0.25, 0.3) is 32.9 Å². The van der Waals surface area contributed by atoms with Gasteiger partial charge in [0, 0.05) is 55.4 Å². The average molecular weight is 466 g/mol. The largest absolute Gasteiger partial charge is 0.489 e. The lowest BCUT2D eigenvalue weighted by Gasteiger charge is -2.28. The number of anilines is 4. The van der Waals surface area contributed by atoms with E-state index in [0.717, 1.165) is 62.4 Å². The van der Waals surface area contributed by atoms with Gasteiger partial charge in [-0.25, -0.2) is 9.97 Å². The lowest BCUT2D eigenvalue weighted by molar-refractivity contribution is 0.311. The number of hydrogen-bond donors (Lipinski definition) is 2. The molecule has 2 N–H and O–H groups in total. The van der Waals surface area contributed by atoms with Gasteiger partial charge < -0.3 is 20.3 Å². The van der Waals surface area contributed by atoms with E-state index >= 15 is 0 Å². The molecule has 8 heteroatoms. The van der Waals surface area contributed by atoms with Crippen molar-refractivity contribution in [3.8, 4) is 16.9 Å². The summed E-state index contributed by atoms with van der Waals surface area (Å²) in [7, 11) is 5.90. The normalized spacial score (nSPS) is 13.1. The minimum atomic E-state index is 0.616. The minimum absolute atomic E-state index is 0.616. The quantitative estimate of drug-likeness (QED) is 0.382. The molecule has 0 bridgehead atoms. The second-order valence-corrected chi connectivity index (χ2v) is 8.92. The van der Waals surface area contributed by atoms with E-state index in [2.05, 4.69) is 75.9 Å². The Kier molecular flexibility index (Phi) is 4.95. The first-order valence-electron chi connectivity index (χ1n) is 11.7. The molecule has 1 aliphatic heterocycles. The van der Waals surface area contributed by atoms with E-state index in [4.69, 9.17) is 9.84 Å². The molecule has 2 aromatic heterocycles. The third-order valence-electron chi connectivity index (χ3n) is 6.63. The van der Waals surface area contributed by atoms with Crippen molar-refractivity contribution in [3.63, 3.8) is 0 Å². The van der Waals surface area contributed by atoms with Crippen LogP contribution in [0.3, 0.4) is 0 Å². The van der Waals surface area contributed by atoms with Gasteiger partial charge in [0.05, 0.1) is 23.3 Å². The highest BCUT2D eigenvalue weighted by atomic mass is 16.5. The first-order chi connectivity index (χ1) is 17.0. The van der Waals surface area contributed by atoms with Crippen LogP contribution >= 0.6 is 0 Å². The molecule has 8 nitrogen and oxygen atoms in total. The smallest absolute Gasteiger partial charge is 0.222 e. The van der Waals surface area contributed by atoms with E-state index in [-0.39, 0.29) is 0 Å². The van der Waals surface area contributed by atoms with Crippen LogP contribution in [-0.4, -0.2) is 47.0 Å². The van der Waals surface area contributed by atoms with Crippen molar-refractivity contribution in [2.45, 2.75) is 6.92 Å². The number of fused-ring (bicyclic) bond motifs is 3. The van der Waals surface area contributed by atoms with Gasteiger partial charge >= 0.3 is 0 Å². The summed E-state index contributed by atoms with van der Waals surface area (Å²) in [5, 5.41) is 13.4. The fourth-order valence-corrected chi connectivity index (χ4v) is 4.81. The molecule has 0 fully saturated rings. The molecule has 0 spiro atoms. The Morgan fingerprint density at radius 3 is 2.77 bits per heavy atom. The molecule has 0 aliphatic carbocycles. The number of aromatic nitrogens is 4. The summed E-state index contributed by atoms with van der Waals surface area (Å²) in [5.41, 5.74) is 7.49. The fourth-order valence-electron chi connectivity index (χ4n) is 4.81. The first-order valence-corrected chi connectivity index (χ1v) is 11.7. The Hall–Kier alpha value is -4.33. The number of benzene rings is 3. The highest BCUT2D eigenvalue weighted by molar-refractivity contribution is 6.03. The molecule has 0 atom stereocenters. The van der Waals surface area contributed by atoms with Gasteiger partial charge in [-0.3, -0.25) is 4.68 Å². The van der Waals surface area contributed by atoms with E-state index in [0.29, 0.717) is 12.6 Å². The van der Waals surface area contributed by atoms with E-state index in [1.807, 2.05) is 37.1 Å². The predicted octanol–water partition coefficient (Wildman–Crippen LogP) is 5.11. The molecule has 0 saturated carbocycles. The third-order valence-corrected chi connectivity index (χ3v) is 6.63. The van der Waals surface area contributed by atoms with Crippen molar-refractivity contribution < 1.29 is 4.74 Å². The second kappa shape index (κ2) is 8.16. The van der Waals surface area contributed by atoms with Crippen LogP contribution < -0.4 is 20.3 Å². The van der Waals surface area contributed by atoms with Crippen LogP contribution in [0, 0.1) is 6.92 Å². The lowest BCUT2D eigenvalue weighted by atomic mass is 9.96. The van der Waals surface area contributed by atoms with Crippen molar-refractivity contribution in [1.82, 2.24) is 19.7 Å². The molecule has 0 radical (unpaired) electrons. The number of ether oxygens (including phenoxy) is 1. The highest BCUT2D eigenvalue weighted by Crippen LogP contribution is 2.38. The van der Waals surface area contributed by atoms with Gasteiger partial charge in [0.1, 0.15) is 12.4 Å². The van der Waals surface area contributed by atoms with Crippen molar-refractivity contribution in [1.29, 1.82) is 0 Å². The molecule has 0 unspecified atom stereocenters. The van der Waals surface area contributed by atoms with Crippen LogP contribution in [-0.2, 0) is 7.05 Å². The van der Waals surface area contributed by atoms with E-state index in [1.54, 1.807) is 0 Å². The van der Waals surface area contributed by atoms with Crippen LogP contribution in [0.2, 0.25) is 0 Å². The zero-order chi connectivity index (χ0) is 24.1. The standard InChI is InChI=1S/C27H27N7O/c1-16-5-8-20-25(24(16)17-6-9-21-18(13-17)15-29-27(28-2)31-21)34(4)32-26(20)30-19-7-10-22-23(14-19)35-12-11-33(22)3/h5-10,13-15H,11-12H2,1-4H3,(H,30,32)(H,28,29,31). The van der Waals surface area contributed by atoms with E-state index in [1.165, 1.54) is 5.56 Å². The number of likely N-dealkylation sites (N-methyl/N-ethyl adjacent to an activating group) is 1. The molecule has 35 heavy (non-hydrogen) atoms. The van der Waals surface area contributed by atoms with Crippen molar-refractivity contribution in [3.05, 3.63) is 60.3 Å². The number of rotatable bonds is 4. The van der Waals surface area contributed by atoms with Gasteiger partial charge in [-0.05, 0) is 48.4 Å². The van der Waals surface area contributed by atoms with Crippen molar-refractivity contribution in [2.24, 2.45) is 7.05 Å². The molecule has 0 saturated heterocycles. The molecule has 3 heterocycles. The number of aryl methyl sites for hydroxylation is 2. The summed E-state index contributed by atoms with van der Waals surface area (Å²) in [6.45, 7) is 3.72. The Morgan fingerprint density at radius 2 is 1.91 bits per heavy atom. The average Bonchev–Trinajstić information content (AvgIpc) is 3.18. The molecule has 5 aromatic rings. The van der Waals surface area contributed by atoms with Gasteiger partial charge in [-0.1, -0.05) is 12.1 Å². The van der Waals surface area contributed by atoms with Gasteiger partial charge in [-0.2, -0.15) is 5.10 Å². The number of nitrogens with one attached hydrogen (secondary N) is 2. The van der Waals surface area contributed by atoms with Crippen molar-refractivity contribution in [2.75, 3.05) is 42.8 Å². The van der Waals surface area contributed by atoms with Crippen LogP contribution in [0.5, 0.6) is 5.75 Å². The minimum Gasteiger partial charge on any atom is -0.489 e. The molecular weight excluding hydrogens is 438 g/mol. The maximum Gasteiger partial charge on any atom is 0.222 e. The molecule has 6 rings (SSSR count). The number of nitrogens with zero attached hydrogens (tertiary/aromatic N) is 5. The Labute approximate surface area is 203 Å². The summed E-state index contributed by atoms with van der Waals surface area (Å²) in [4.78, 5) is 11.1. The summed E-state index contributed by atoms with van der Waals surface area (Å²) in [5.74, 6) is 2.32. The van der Waals surface area contributed by atoms with Crippen LogP contribution in [0.4, 0.5) is 23.1 Å². The Bertz CT molecular complexity index is 1590. The maximum absolute atomic E-state index is 5.89. The first kappa shape index (κ1) is 21.2. The third kappa shape index (κ3) is 3.58. The van der Waals surface area contributed by atoms with Gasteiger partial charge in [0.15, 0.2) is 5.82 Å². The Morgan fingerprint density at radius 1 is 1.03 bits per heavy atom. The Balaban J connectivity index is 1.43. The van der Waals surface area contributed by atoms with Gasteiger partial charge in [0.2, 0.25) is 5.95 Å². The van der Waals surface area contributed by atoms with Gasteiger partial charge in [0.25, 0.3) is 0 Å². The van der Waals surface area contributed by atoms with Gasteiger partial charge in [-0.15, -0.1) is 0 Å². The summed E-state index contributed by atoms with van der Waals surface area (Å²) in [6.07, 6.45) is 1.86. The van der Waals surface area contributed by atoms with E-state index in [9.17, 15) is 0 Å². The van der Waals surface area contributed by atoms with Crippen molar-refractivity contribution >= 4 is 44.9 Å². The lowest BCUT2D eigenvalue weighted by Crippen LogP contribution is -2.28. The zero-order valence-corrected chi connectivity index (χ0v) is 20.3. The molecule has 3 aromatic carbocycles. The molecule has 176 valence electrons. The monoisotopic (exact) mass is 465 g/mol. The van der Waals surface area contributed by atoms with Crippen LogP contribution in [0.1, 0.15) is 5.56 Å². The topological polar surface area (TPSA) is 80.1 Å². The molecule has 1 aliphatic rings. The summed E-state index contributed by atoms with van der Waals surface area (Å²) in [6, 6.07) is 16.8. The second-order valence-electron chi connectivity index (χ2n) is 8.92. The molecular formula is C27H27N7O. The zero-order valence-electron chi connectivity index (χ0n) is 20.3. The fraction of sp³-hybridized carbons (Fsp3) is 0.222. The summed E-state index contributed by atoms with van der Waals surface area (Å²) < 4.78 is 7.84. The van der Waals surface area contributed by atoms with E-state index < -0.39 is 0 Å². The SMILES string of the molecule is CNc1ncc2cc(-c3c(C)ccc4c(Nc5ccc6c(c5)OCCN6C)nn(C)c34)ccc2n1. The van der Waals surface area contributed by atoms with Crippen LogP contribution in [0.15, 0.2) is 54.7 Å². The summed E-state index contributed by atoms with van der Waals surface area (Å²) >= 11 is 0. The number of hydrogen-bond acceptors (Lipinski definition) is 7. The highest BCUT2D eigenvalue weighted by Gasteiger charge is 2.19.